The van der Waals surface area contributed by atoms with E-state index in [1.165, 1.54) is 0 Å². The van der Waals surface area contributed by atoms with E-state index in [4.69, 9.17) is 0 Å². The molecule has 27 heavy (non-hydrogen) atoms. The Kier molecular flexibility index (Phi) is 3.87. The summed E-state index contributed by atoms with van der Waals surface area (Å²) in [6.45, 7) is 0.701. The average molecular weight is 373 g/mol. The highest BCUT2D eigenvalue weighted by Gasteiger charge is 2.33. The number of fused-ring (bicyclic) bond motifs is 3. The smallest absolute Gasteiger partial charge is 0.378 e. The van der Waals surface area contributed by atoms with Crippen LogP contribution >= 0.6 is 0 Å². The minimum Gasteiger partial charge on any atom is -0.378 e. The van der Waals surface area contributed by atoms with Gasteiger partial charge in [0.15, 0.2) is 0 Å². The van der Waals surface area contributed by atoms with E-state index in [0.717, 1.165) is 35.0 Å². The SMILES string of the molecule is CN(C)c1ccc2c(c1)CN(C)c1cc(-c3ccnc(C(F)(F)F)c3)nn1-2. The van der Waals surface area contributed by atoms with Gasteiger partial charge in [0.1, 0.15) is 11.5 Å². The molecule has 0 radical (unpaired) electrons. The van der Waals surface area contributed by atoms with Crippen molar-refractivity contribution in [2.75, 3.05) is 30.9 Å². The molecule has 1 aliphatic rings. The topological polar surface area (TPSA) is 37.2 Å². The number of rotatable bonds is 2. The number of benzene rings is 1. The van der Waals surface area contributed by atoms with Gasteiger partial charge in [-0.15, -0.1) is 0 Å². The predicted octanol–water partition coefficient (Wildman–Crippen LogP) is 3.97. The van der Waals surface area contributed by atoms with Crippen molar-refractivity contribution in [3.63, 3.8) is 0 Å². The molecule has 0 unspecified atom stereocenters. The predicted molar refractivity (Wildman–Crippen MR) is 98.2 cm³/mol. The first-order valence-corrected chi connectivity index (χ1v) is 8.39. The fourth-order valence-corrected chi connectivity index (χ4v) is 3.23. The van der Waals surface area contributed by atoms with Crippen LogP contribution in [0.5, 0.6) is 0 Å². The second kappa shape index (κ2) is 6.00. The van der Waals surface area contributed by atoms with Gasteiger partial charge in [-0.05, 0) is 35.9 Å². The number of halogens is 3. The molecule has 8 heteroatoms. The van der Waals surface area contributed by atoms with Gasteiger partial charge in [-0.1, -0.05) is 0 Å². The number of anilines is 2. The van der Waals surface area contributed by atoms with Crippen LogP contribution in [0, 0.1) is 0 Å². The van der Waals surface area contributed by atoms with Crippen molar-refractivity contribution < 1.29 is 13.2 Å². The maximum Gasteiger partial charge on any atom is 0.433 e. The molecule has 0 fully saturated rings. The Morgan fingerprint density at radius 2 is 1.85 bits per heavy atom. The van der Waals surface area contributed by atoms with Crippen LogP contribution in [0.2, 0.25) is 0 Å². The molecule has 3 heterocycles. The lowest BCUT2D eigenvalue weighted by Gasteiger charge is -2.28. The van der Waals surface area contributed by atoms with Gasteiger partial charge in [0, 0.05) is 51.2 Å². The molecule has 0 spiro atoms. The van der Waals surface area contributed by atoms with E-state index in [1.807, 2.05) is 43.1 Å². The zero-order valence-corrected chi connectivity index (χ0v) is 15.1. The summed E-state index contributed by atoms with van der Waals surface area (Å²) in [5, 5.41) is 4.58. The monoisotopic (exact) mass is 373 g/mol. The van der Waals surface area contributed by atoms with E-state index in [1.54, 1.807) is 16.8 Å². The summed E-state index contributed by atoms with van der Waals surface area (Å²) in [7, 11) is 5.90. The second-order valence-corrected chi connectivity index (χ2v) is 6.79. The zero-order chi connectivity index (χ0) is 19.3. The molecule has 0 amide bonds. The Morgan fingerprint density at radius 3 is 2.56 bits per heavy atom. The van der Waals surface area contributed by atoms with E-state index in [2.05, 4.69) is 16.1 Å². The van der Waals surface area contributed by atoms with Crippen LogP contribution in [0.1, 0.15) is 11.3 Å². The molecule has 1 aliphatic heterocycles. The number of nitrogens with zero attached hydrogens (tertiary/aromatic N) is 5. The summed E-state index contributed by atoms with van der Waals surface area (Å²) in [6.07, 6.45) is -3.32. The van der Waals surface area contributed by atoms with Crippen molar-refractivity contribution >= 4 is 11.5 Å². The van der Waals surface area contributed by atoms with E-state index in [9.17, 15) is 13.2 Å². The molecular weight excluding hydrogens is 355 g/mol. The molecule has 0 saturated heterocycles. The molecule has 140 valence electrons. The molecule has 3 aromatic rings. The third kappa shape index (κ3) is 3.01. The maximum absolute atomic E-state index is 13.0. The molecule has 1 aromatic carbocycles. The van der Waals surface area contributed by atoms with Crippen molar-refractivity contribution in [1.29, 1.82) is 0 Å². The first kappa shape index (κ1) is 17.4. The Labute approximate surface area is 154 Å². The van der Waals surface area contributed by atoms with Gasteiger partial charge < -0.3 is 9.80 Å². The Hall–Kier alpha value is -3.03. The molecule has 0 bridgehead atoms. The summed E-state index contributed by atoms with van der Waals surface area (Å²) >= 11 is 0. The number of hydrogen-bond acceptors (Lipinski definition) is 4. The molecular formula is C19H18F3N5. The van der Waals surface area contributed by atoms with Gasteiger partial charge in [-0.25, -0.2) is 4.68 Å². The van der Waals surface area contributed by atoms with Gasteiger partial charge in [-0.3, -0.25) is 4.98 Å². The summed E-state index contributed by atoms with van der Waals surface area (Å²) in [5.74, 6) is 0.834. The lowest BCUT2D eigenvalue weighted by molar-refractivity contribution is -0.141. The van der Waals surface area contributed by atoms with Crippen LogP contribution in [0.15, 0.2) is 42.6 Å². The lowest BCUT2D eigenvalue weighted by Crippen LogP contribution is -2.26. The summed E-state index contributed by atoms with van der Waals surface area (Å²) in [5.41, 5.74) is 3.08. The largest absolute Gasteiger partial charge is 0.433 e. The Balaban J connectivity index is 1.80. The van der Waals surface area contributed by atoms with Crippen LogP contribution in [0.25, 0.3) is 16.9 Å². The first-order valence-electron chi connectivity index (χ1n) is 8.39. The minimum absolute atomic E-state index is 0.388. The van der Waals surface area contributed by atoms with Crippen molar-refractivity contribution in [1.82, 2.24) is 14.8 Å². The minimum atomic E-state index is -4.48. The molecule has 5 nitrogen and oxygen atoms in total. The van der Waals surface area contributed by atoms with Gasteiger partial charge in [0.25, 0.3) is 0 Å². The molecule has 0 aliphatic carbocycles. The average Bonchev–Trinajstić information content (AvgIpc) is 3.07. The number of pyridine rings is 1. The van der Waals surface area contributed by atoms with E-state index >= 15 is 0 Å². The third-order valence-corrected chi connectivity index (χ3v) is 4.64. The molecule has 0 saturated carbocycles. The summed E-state index contributed by atoms with van der Waals surface area (Å²) < 4.78 is 40.7. The van der Waals surface area contributed by atoms with Crippen LogP contribution in [0.4, 0.5) is 24.7 Å². The van der Waals surface area contributed by atoms with Crippen molar-refractivity contribution in [3.05, 3.63) is 53.9 Å². The van der Waals surface area contributed by atoms with E-state index < -0.39 is 11.9 Å². The number of hydrogen-bond donors (Lipinski definition) is 0. The molecule has 0 N–H and O–H groups in total. The normalized spacial score (nSPS) is 13.3. The van der Waals surface area contributed by atoms with Gasteiger partial charge in [0.05, 0.1) is 11.4 Å². The summed E-state index contributed by atoms with van der Waals surface area (Å²) in [6, 6.07) is 10.5. The van der Waals surface area contributed by atoms with Gasteiger partial charge in [0.2, 0.25) is 0 Å². The quantitative estimate of drug-likeness (QED) is 0.681. The van der Waals surface area contributed by atoms with Crippen LogP contribution in [-0.2, 0) is 12.7 Å². The standard InChI is InChI=1S/C19H18F3N5/c1-25(2)14-4-5-16-13(8-14)11-26(3)18-10-15(24-27(16)18)12-6-7-23-17(9-12)19(20,21)22/h4-10H,11H2,1-3H3. The Bertz CT molecular complexity index is 1010. The molecule has 4 rings (SSSR count). The Morgan fingerprint density at radius 1 is 1.07 bits per heavy atom. The third-order valence-electron chi connectivity index (χ3n) is 4.64. The van der Waals surface area contributed by atoms with Crippen molar-refractivity contribution in [2.45, 2.75) is 12.7 Å². The van der Waals surface area contributed by atoms with Crippen LogP contribution < -0.4 is 9.80 Å². The highest BCUT2D eigenvalue weighted by Crippen LogP contribution is 2.35. The fraction of sp³-hybridized carbons (Fsp3) is 0.263. The zero-order valence-electron chi connectivity index (χ0n) is 15.1. The van der Waals surface area contributed by atoms with Crippen LogP contribution in [0.3, 0.4) is 0 Å². The van der Waals surface area contributed by atoms with Crippen molar-refractivity contribution in [2.24, 2.45) is 0 Å². The van der Waals surface area contributed by atoms with Gasteiger partial charge >= 0.3 is 6.18 Å². The fourth-order valence-electron chi connectivity index (χ4n) is 3.23. The van der Waals surface area contributed by atoms with E-state index in [0.29, 0.717) is 17.8 Å². The van der Waals surface area contributed by atoms with E-state index in [-0.39, 0.29) is 0 Å². The second-order valence-electron chi connectivity index (χ2n) is 6.79. The highest BCUT2D eigenvalue weighted by atomic mass is 19.4. The first-order chi connectivity index (χ1) is 12.7. The van der Waals surface area contributed by atoms with Crippen LogP contribution in [-0.4, -0.2) is 35.9 Å². The molecule has 0 atom stereocenters. The number of alkyl halides is 3. The lowest BCUT2D eigenvalue weighted by atomic mass is 10.1. The maximum atomic E-state index is 13.0. The number of aromatic nitrogens is 3. The van der Waals surface area contributed by atoms with Crippen molar-refractivity contribution in [3.8, 4) is 16.9 Å². The summed E-state index contributed by atoms with van der Waals surface area (Å²) in [4.78, 5) is 7.48. The molecule has 2 aromatic heterocycles. The van der Waals surface area contributed by atoms with Gasteiger partial charge in [-0.2, -0.15) is 18.3 Å². The highest BCUT2D eigenvalue weighted by molar-refractivity contribution is 5.68.